The van der Waals surface area contributed by atoms with Gasteiger partial charge in [0.1, 0.15) is 5.01 Å². The van der Waals surface area contributed by atoms with Gasteiger partial charge in [-0.15, -0.1) is 11.3 Å². The monoisotopic (exact) mass is 280 g/mol. The van der Waals surface area contributed by atoms with Crippen molar-refractivity contribution < 1.29 is 4.74 Å². The number of hydrogen-bond acceptors (Lipinski definition) is 4. The molecule has 2 saturated carbocycles. The molecule has 0 saturated heterocycles. The molecular formula is C15H24N2OS. The van der Waals surface area contributed by atoms with E-state index < -0.39 is 0 Å². The number of nitrogens with zero attached hydrogens (tertiary/aromatic N) is 1. The van der Waals surface area contributed by atoms with Crippen molar-refractivity contribution in [2.75, 3.05) is 7.11 Å². The summed E-state index contributed by atoms with van der Waals surface area (Å²) in [6, 6.07) is 0.681. The predicted molar refractivity (Wildman–Crippen MR) is 78.7 cm³/mol. The average molecular weight is 280 g/mol. The Bertz CT molecular complexity index is 435. The van der Waals surface area contributed by atoms with Crippen LogP contribution in [0.25, 0.3) is 0 Å². The highest BCUT2D eigenvalue weighted by Gasteiger charge is 2.47. The zero-order valence-corrected chi connectivity index (χ0v) is 13.0. The molecule has 3 rings (SSSR count). The van der Waals surface area contributed by atoms with E-state index in [1.54, 1.807) is 0 Å². The first kappa shape index (κ1) is 13.5. The van der Waals surface area contributed by atoms with Crippen LogP contribution in [-0.4, -0.2) is 24.2 Å². The molecule has 0 spiro atoms. The largest absolute Gasteiger partial charge is 0.379 e. The zero-order chi connectivity index (χ0) is 13.5. The highest BCUT2D eigenvalue weighted by atomic mass is 32.1. The summed E-state index contributed by atoms with van der Waals surface area (Å²) in [5.74, 6) is 0. The summed E-state index contributed by atoms with van der Waals surface area (Å²) in [6.07, 6.45) is 7.74. The highest BCUT2D eigenvalue weighted by molar-refractivity contribution is 7.11. The lowest BCUT2D eigenvalue weighted by Gasteiger charge is -2.43. The summed E-state index contributed by atoms with van der Waals surface area (Å²) in [5.41, 5.74) is 1.15. The molecule has 1 heterocycles. The van der Waals surface area contributed by atoms with Crippen molar-refractivity contribution in [1.29, 1.82) is 0 Å². The first-order valence-electron chi connectivity index (χ1n) is 7.41. The molecule has 2 unspecified atom stereocenters. The normalized spacial score (nSPS) is 31.6. The third-order valence-electron chi connectivity index (χ3n) is 4.57. The maximum atomic E-state index is 5.84. The van der Waals surface area contributed by atoms with E-state index in [4.69, 9.17) is 9.72 Å². The lowest BCUT2D eigenvalue weighted by molar-refractivity contribution is -0.0166. The van der Waals surface area contributed by atoms with Gasteiger partial charge in [-0.2, -0.15) is 0 Å². The number of ether oxygens (including phenoxy) is 1. The fraction of sp³-hybridized carbons (Fsp3) is 0.800. The van der Waals surface area contributed by atoms with Crippen LogP contribution in [0.5, 0.6) is 0 Å². The fourth-order valence-corrected chi connectivity index (χ4v) is 4.33. The quantitative estimate of drug-likeness (QED) is 0.919. The van der Waals surface area contributed by atoms with Gasteiger partial charge in [-0.3, -0.25) is 0 Å². The molecule has 1 aromatic heterocycles. The molecule has 106 valence electrons. The Hall–Kier alpha value is -0.450. The minimum Gasteiger partial charge on any atom is -0.379 e. The minimum absolute atomic E-state index is 0.0299. The van der Waals surface area contributed by atoms with E-state index in [2.05, 4.69) is 19.2 Å². The van der Waals surface area contributed by atoms with Gasteiger partial charge < -0.3 is 10.1 Å². The third kappa shape index (κ3) is 2.46. The number of aromatic nitrogens is 1. The van der Waals surface area contributed by atoms with Crippen LogP contribution in [0.15, 0.2) is 0 Å². The van der Waals surface area contributed by atoms with Gasteiger partial charge in [-0.05, 0) is 39.5 Å². The van der Waals surface area contributed by atoms with Crippen molar-refractivity contribution in [2.24, 2.45) is 0 Å². The molecular weight excluding hydrogens is 256 g/mol. The van der Waals surface area contributed by atoms with E-state index in [0.29, 0.717) is 6.04 Å². The first-order chi connectivity index (χ1) is 9.15. The molecule has 2 aliphatic carbocycles. The summed E-state index contributed by atoms with van der Waals surface area (Å²) in [7, 11) is 1.85. The summed E-state index contributed by atoms with van der Waals surface area (Å²) in [5, 5.41) is 5.14. The van der Waals surface area contributed by atoms with Crippen LogP contribution in [0.4, 0.5) is 0 Å². The lowest BCUT2D eigenvalue weighted by atomic mass is 9.79. The van der Waals surface area contributed by atoms with Gasteiger partial charge in [0.2, 0.25) is 0 Å². The molecule has 0 radical (unpaired) electrons. The first-order valence-corrected chi connectivity index (χ1v) is 8.22. The zero-order valence-electron chi connectivity index (χ0n) is 12.2. The molecule has 1 aromatic rings. The topological polar surface area (TPSA) is 34.1 Å². The van der Waals surface area contributed by atoms with Gasteiger partial charge in [0.05, 0.1) is 17.3 Å². The summed E-state index contributed by atoms with van der Waals surface area (Å²) in [4.78, 5) is 6.20. The maximum absolute atomic E-state index is 5.84. The van der Waals surface area contributed by atoms with E-state index >= 15 is 0 Å². The van der Waals surface area contributed by atoms with Gasteiger partial charge >= 0.3 is 0 Å². The van der Waals surface area contributed by atoms with Crippen molar-refractivity contribution in [3.05, 3.63) is 15.6 Å². The van der Waals surface area contributed by atoms with E-state index in [9.17, 15) is 0 Å². The number of rotatable bonds is 4. The van der Waals surface area contributed by atoms with E-state index in [1.165, 1.54) is 41.3 Å². The molecule has 2 fully saturated rings. The lowest BCUT2D eigenvalue weighted by Crippen LogP contribution is -2.55. The van der Waals surface area contributed by atoms with Crippen LogP contribution in [0.3, 0.4) is 0 Å². The molecule has 2 aliphatic rings. The standard InChI is InChI=1S/C15H24N2OS/c1-10-11(2)19-14(16-10)15(17-12-7-8-12)9-5-4-6-13(15)18-3/h12-13,17H,4-9H2,1-3H3. The number of nitrogens with one attached hydrogen (secondary N) is 1. The Labute approximate surface area is 119 Å². The van der Waals surface area contributed by atoms with E-state index in [-0.39, 0.29) is 11.6 Å². The smallest absolute Gasteiger partial charge is 0.116 e. The molecule has 0 amide bonds. The van der Waals surface area contributed by atoms with Crippen LogP contribution in [0.2, 0.25) is 0 Å². The number of hydrogen-bond donors (Lipinski definition) is 1. The molecule has 0 aromatic carbocycles. The van der Waals surface area contributed by atoms with Gasteiger partial charge in [0, 0.05) is 18.0 Å². The van der Waals surface area contributed by atoms with Crippen LogP contribution in [0.1, 0.15) is 54.1 Å². The van der Waals surface area contributed by atoms with Crippen molar-refractivity contribution in [2.45, 2.75) is 70.1 Å². The number of aryl methyl sites for hydroxylation is 2. The van der Waals surface area contributed by atoms with Gasteiger partial charge in [-0.1, -0.05) is 12.8 Å². The Morgan fingerprint density at radius 2 is 2.05 bits per heavy atom. The van der Waals surface area contributed by atoms with Gasteiger partial charge in [-0.25, -0.2) is 4.98 Å². The summed E-state index contributed by atoms with van der Waals surface area (Å²) < 4.78 is 5.84. The Morgan fingerprint density at radius 1 is 1.26 bits per heavy atom. The van der Waals surface area contributed by atoms with Crippen LogP contribution < -0.4 is 5.32 Å². The molecule has 1 N–H and O–H groups in total. The molecule has 19 heavy (non-hydrogen) atoms. The second-order valence-electron chi connectivity index (χ2n) is 6.02. The second kappa shape index (κ2) is 5.15. The van der Waals surface area contributed by atoms with Crippen molar-refractivity contribution in [3.63, 3.8) is 0 Å². The predicted octanol–water partition coefficient (Wildman–Crippen LogP) is 3.30. The van der Waals surface area contributed by atoms with Gasteiger partial charge in [0.25, 0.3) is 0 Å². The van der Waals surface area contributed by atoms with Crippen LogP contribution in [-0.2, 0) is 10.3 Å². The molecule has 4 heteroatoms. The summed E-state index contributed by atoms with van der Waals surface area (Å²) in [6.45, 7) is 4.29. The Balaban J connectivity index is 1.98. The Kier molecular flexibility index (Phi) is 3.67. The number of thiazole rings is 1. The fourth-order valence-electron chi connectivity index (χ4n) is 3.19. The summed E-state index contributed by atoms with van der Waals surface area (Å²) >= 11 is 1.85. The minimum atomic E-state index is -0.0299. The molecule has 0 bridgehead atoms. The van der Waals surface area contributed by atoms with E-state index in [0.717, 1.165) is 12.8 Å². The van der Waals surface area contributed by atoms with Crippen molar-refractivity contribution in [3.8, 4) is 0 Å². The SMILES string of the molecule is COC1CCCCC1(NC1CC1)c1nc(C)c(C)s1. The maximum Gasteiger partial charge on any atom is 0.116 e. The third-order valence-corrected chi connectivity index (χ3v) is 5.82. The molecule has 0 aliphatic heterocycles. The molecule has 2 atom stereocenters. The second-order valence-corrected chi connectivity index (χ2v) is 7.22. The highest BCUT2D eigenvalue weighted by Crippen LogP contribution is 2.43. The Morgan fingerprint density at radius 3 is 2.63 bits per heavy atom. The van der Waals surface area contributed by atoms with Crippen molar-refractivity contribution >= 4 is 11.3 Å². The number of methoxy groups -OCH3 is 1. The average Bonchev–Trinajstić information content (AvgIpc) is 3.15. The van der Waals surface area contributed by atoms with E-state index in [1.807, 2.05) is 18.4 Å². The van der Waals surface area contributed by atoms with Gasteiger partial charge in [0.15, 0.2) is 0 Å². The molecule has 3 nitrogen and oxygen atoms in total. The van der Waals surface area contributed by atoms with Crippen LogP contribution >= 0.6 is 11.3 Å². The van der Waals surface area contributed by atoms with Crippen molar-refractivity contribution in [1.82, 2.24) is 10.3 Å². The van der Waals surface area contributed by atoms with Crippen LogP contribution in [0, 0.1) is 13.8 Å².